The smallest absolute Gasteiger partial charge is 0.221 e. The molecule has 0 saturated heterocycles. The van der Waals surface area contributed by atoms with Crippen LogP contribution in [0, 0.1) is 6.92 Å². The molecule has 1 aromatic rings. The monoisotopic (exact) mass is 277 g/mol. The van der Waals surface area contributed by atoms with Crippen molar-refractivity contribution < 1.29 is 4.79 Å². The summed E-state index contributed by atoms with van der Waals surface area (Å²) >= 11 is 5.03. The van der Waals surface area contributed by atoms with E-state index in [1.807, 2.05) is 25.1 Å². The number of rotatable bonds is 6. The van der Waals surface area contributed by atoms with Crippen molar-refractivity contribution in [2.24, 2.45) is 5.73 Å². The second-order valence-electron chi connectivity index (χ2n) is 4.93. The number of nitrogens with two attached hydrogens (primary N) is 1. The molecule has 0 aliphatic heterocycles. The van der Waals surface area contributed by atoms with Gasteiger partial charge in [-0.3, -0.25) is 4.79 Å². The maximum atomic E-state index is 11.6. The summed E-state index contributed by atoms with van der Waals surface area (Å²) in [5.41, 5.74) is 8.53. The van der Waals surface area contributed by atoms with E-state index >= 15 is 0 Å². The Hall–Kier alpha value is -1.62. The molecule has 0 heterocycles. The molecule has 19 heavy (non-hydrogen) atoms. The molecule has 5 heteroatoms. The third kappa shape index (κ3) is 4.21. The van der Waals surface area contributed by atoms with Crippen molar-refractivity contribution in [3.05, 3.63) is 29.3 Å². The van der Waals surface area contributed by atoms with Crippen molar-refractivity contribution in [1.82, 2.24) is 5.32 Å². The van der Waals surface area contributed by atoms with Crippen molar-refractivity contribution in [1.29, 1.82) is 0 Å². The van der Waals surface area contributed by atoms with E-state index in [4.69, 9.17) is 18.0 Å². The van der Waals surface area contributed by atoms with Gasteiger partial charge >= 0.3 is 0 Å². The van der Waals surface area contributed by atoms with Crippen LogP contribution in [0.15, 0.2) is 18.2 Å². The molecule has 102 valence electrons. The number of amides is 1. The SMILES string of the molecule is Cc1ccc(NCCC(=O)NC2CC2)c(C(N)=S)c1. The Balaban J connectivity index is 1.87. The van der Waals surface area contributed by atoms with E-state index in [2.05, 4.69) is 10.6 Å². The van der Waals surface area contributed by atoms with E-state index in [1.165, 1.54) is 0 Å². The maximum Gasteiger partial charge on any atom is 0.221 e. The summed E-state index contributed by atoms with van der Waals surface area (Å²) in [6, 6.07) is 6.31. The number of hydrogen-bond donors (Lipinski definition) is 3. The van der Waals surface area contributed by atoms with E-state index in [0.29, 0.717) is 24.0 Å². The number of thiocarbonyl (C=S) groups is 1. The predicted molar refractivity (Wildman–Crippen MR) is 81.3 cm³/mol. The Kier molecular flexibility index (Phi) is 4.37. The molecule has 1 aliphatic carbocycles. The average Bonchev–Trinajstić information content (AvgIpc) is 3.14. The average molecular weight is 277 g/mol. The lowest BCUT2D eigenvalue weighted by atomic mass is 10.1. The van der Waals surface area contributed by atoms with Crippen LogP contribution in [-0.4, -0.2) is 23.5 Å². The normalized spacial score (nSPS) is 13.9. The first kappa shape index (κ1) is 13.8. The van der Waals surface area contributed by atoms with Crippen LogP contribution >= 0.6 is 12.2 Å². The zero-order valence-corrected chi connectivity index (χ0v) is 11.8. The predicted octanol–water partition coefficient (Wildman–Crippen LogP) is 1.71. The van der Waals surface area contributed by atoms with Crippen LogP contribution in [0.3, 0.4) is 0 Å². The summed E-state index contributed by atoms with van der Waals surface area (Å²) in [7, 11) is 0. The molecule has 4 N–H and O–H groups in total. The zero-order chi connectivity index (χ0) is 13.8. The van der Waals surface area contributed by atoms with Crippen molar-refractivity contribution in [3.63, 3.8) is 0 Å². The second-order valence-corrected chi connectivity index (χ2v) is 5.37. The minimum Gasteiger partial charge on any atom is -0.389 e. The van der Waals surface area contributed by atoms with Crippen LogP contribution in [0.2, 0.25) is 0 Å². The number of carbonyl (C=O) groups excluding carboxylic acids is 1. The van der Waals surface area contributed by atoms with Crippen molar-refractivity contribution in [2.75, 3.05) is 11.9 Å². The second kappa shape index (κ2) is 6.02. The lowest BCUT2D eigenvalue weighted by Gasteiger charge is -2.12. The summed E-state index contributed by atoms with van der Waals surface area (Å²) in [6.45, 7) is 2.58. The van der Waals surface area contributed by atoms with E-state index in [1.54, 1.807) is 0 Å². The molecular formula is C14H19N3OS. The number of aryl methyl sites for hydroxylation is 1. The number of hydrogen-bond acceptors (Lipinski definition) is 3. The molecule has 4 nitrogen and oxygen atoms in total. The number of anilines is 1. The first-order valence-electron chi connectivity index (χ1n) is 6.50. The fourth-order valence-corrected chi connectivity index (χ4v) is 2.02. The van der Waals surface area contributed by atoms with Crippen LogP contribution in [-0.2, 0) is 4.79 Å². The minimum absolute atomic E-state index is 0.0963. The van der Waals surface area contributed by atoms with Crippen LogP contribution in [0.1, 0.15) is 30.4 Å². The van der Waals surface area contributed by atoms with E-state index < -0.39 is 0 Å². The summed E-state index contributed by atoms with van der Waals surface area (Å²) < 4.78 is 0. The fraction of sp³-hybridized carbons (Fsp3) is 0.429. The van der Waals surface area contributed by atoms with Gasteiger partial charge in [-0.05, 0) is 31.9 Å². The Bertz CT molecular complexity index is 497. The van der Waals surface area contributed by atoms with Crippen molar-refractivity contribution in [3.8, 4) is 0 Å². The summed E-state index contributed by atoms with van der Waals surface area (Å²) in [5, 5.41) is 6.18. The van der Waals surface area contributed by atoms with Gasteiger partial charge in [0.2, 0.25) is 5.91 Å². The van der Waals surface area contributed by atoms with E-state index in [9.17, 15) is 4.79 Å². The first-order valence-corrected chi connectivity index (χ1v) is 6.91. The van der Waals surface area contributed by atoms with Crippen LogP contribution in [0.4, 0.5) is 5.69 Å². The van der Waals surface area contributed by atoms with Gasteiger partial charge in [0.15, 0.2) is 0 Å². The molecule has 0 bridgehead atoms. The Morgan fingerprint density at radius 2 is 2.21 bits per heavy atom. The highest BCUT2D eigenvalue weighted by Gasteiger charge is 2.22. The highest BCUT2D eigenvalue weighted by atomic mass is 32.1. The van der Waals surface area contributed by atoms with Gasteiger partial charge in [0.1, 0.15) is 4.99 Å². The van der Waals surface area contributed by atoms with Gasteiger partial charge in [-0.25, -0.2) is 0 Å². The quantitative estimate of drug-likeness (QED) is 0.693. The highest BCUT2D eigenvalue weighted by molar-refractivity contribution is 7.80. The summed E-state index contributed by atoms with van der Waals surface area (Å²) in [6.07, 6.45) is 2.69. The minimum atomic E-state index is 0.0963. The third-order valence-corrected chi connectivity index (χ3v) is 3.27. The third-order valence-electron chi connectivity index (χ3n) is 3.05. The number of nitrogens with one attached hydrogen (secondary N) is 2. The lowest BCUT2D eigenvalue weighted by molar-refractivity contribution is -0.120. The molecule has 0 spiro atoms. The maximum absolute atomic E-state index is 11.6. The molecule has 0 atom stereocenters. The van der Waals surface area contributed by atoms with Gasteiger partial charge in [-0.15, -0.1) is 0 Å². The summed E-state index contributed by atoms with van der Waals surface area (Å²) in [5.74, 6) is 0.0963. The number of benzene rings is 1. The van der Waals surface area contributed by atoms with Gasteiger partial charge in [0.05, 0.1) is 0 Å². The van der Waals surface area contributed by atoms with Crippen molar-refractivity contribution >= 4 is 28.8 Å². The molecule has 1 amide bonds. The highest BCUT2D eigenvalue weighted by Crippen LogP contribution is 2.19. The van der Waals surface area contributed by atoms with Crippen LogP contribution < -0.4 is 16.4 Å². The molecule has 1 saturated carbocycles. The van der Waals surface area contributed by atoms with Gasteiger partial charge in [0.25, 0.3) is 0 Å². The van der Waals surface area contributed by atoms with Gasteiger partial charge in [0, 0.05) is 30.3 Å². The largest absolute Gasteiger partial charge is 0.389 e. The fourth-order valence-electron chi connectivity index (χ4n) is 1.85. The zero-order valence-electron chi connectivity index (χ0n) is 11.0. The van der Waals surface area contributed by atoms with Crippen LogP contribution in [0.5, 0.6) is 0 Å². The molecule has 0 unspecified atom stereocenters. The van der Waals surface area contributed by atoms with Gasteiger partial charge < -0.3 is 16.4 Å². The Morgan fingerprint density at radius 1 is 1.47 bits per heavy atom. The molecule has 2 rings (SSSR count). The molecule has 0 radical (unpaired) electrons. The van der Waals surface area contributed by atoms with Gasteiger partial charge in [-0.1, -0.05) is 23.8 Å². The Morgan fingerprint density at radius 3 is 2.84 bits per heavy atom. The van der Waals surface area contributed by atoms with E-state index in [0.717, 1.165) is 29.7 Å². The lowest BCUT2D eigenvalue weighted by Crippen LogP contribution is -2.27. The molecule has 1 fully saturated rings. The first-order chi connectivity index (χ1) is 9.06. The Labute approximate surface area is 118 Å². The van der Waals surface area contributed by atoms with Crippen LogP contribution in [0.25, 0.3) is 0 Å². The molecule has 1 aromatic carbocycles. The topological polar surface area (TPSA) is 67.2 Å². The summed E-state index contributed by atoms with van der Waals surface area (Å²) in [4.78, 5) is 11.9. The van der Waals surface area contributed by atoms with Gasteiger partial charge in [-0.2, -0.15) is 0 Å². The molecule has 0 aromatic heterocycles. The molecular weight excluding hydrogens is 258 g/mol. The van der Waals surface area contributed by atoms with Crippen molar-refractivity contribution in [2.45, 2.75) is 32.2 Å². The molecule has 1 aliphatic rings. The standard InChI is InChI=1S/C14H19N3OS/c1-9-2-5-12(11(8-9)14(15)19)16-7-6-13(18)17-10-3-4-10/h2,5,8,10,16H,3-4,6-7H2,1H3,(H2,15,19)(H,17,18). The van der Waals surface area contributed by atoms with E-state index in [-0.39, 0.29) is 5.91 Å². The number of carbonyl (C=O) groups is 1.